The van der Waals surface area contributed by atoms with Crippen LogP contribution >= 0.6 is 0 Å². The van der Waals surface area contributed by atoms with E-state index in [2.05, 4.69) is 33.8 Å². The van der Waals surface area contributed by atoms with Crippen molar-refractivity contribution in [2.24, 2.45) is 17.3 Å². The number of nitrogens with zero attached hydrogens (tertiary/aromatic N) is 2. The number of amides is 4. The average Bonchev–Trinajstić information content (AvgIpc) is 4.07. The van der Waals surface area contributed by atoms with E-state index >= 15 is 0 Å². The molecule has 1 aromatic heterocycles. The standard InChI is InChI=1S/C43H53N5O9S/c1-7-26-15-18-43(26,38(51)47-58(53,54)41(5)19-20-41)46-36(49)32-23-42-17-16-28-29-22-27(55-6)13-14-30(29)44-31(34(28)57-42)12-10-8-9-11-25-21-33(25)56-39(52)45-35(40(2,3)4)37(50)48(32)24-42/h7,13-14,22,25-26,32-33,35H,1,8-12,16-17,19-21,23-24H2,2-6H3,(H,45,52)(H,46,49)(H,47,51)/t25-,26-,32+,33-,35-,42-,43-/m1/s1. The molecule has 4 heterocycles. The molecule has 8 rings (SSSR count). The Hall–Kier alpha value is -4.84. The van der Waals surface area contributed by atoms with Gasteiger partial charge < -0.3 is 29.7 Å². The topological polar surface area (TPSA) is 182 Å². The molecule has 15 heteroatoms. The van der Waals surface area contributed by atoms with Crippen LogP contribution in [0.25, 0.3) is 10.9 Å². The van der Waals surface area contributed by atoms with Crippen molar-refractivity contribution in [2.75, 3.05) is 13.7 Å². The molecular formula is C43H53N5O9S. The second-order valence-electron chi connectivity index (χ2n) is 18.4. The van der Waals surface area contributed by atoms with Crippen LogP contribution in [0.2, 0.25) is 0 Å². The number of pyridine rings is 1. The maximum Gasteiger partial charge on any atom is 0.408 e. The summed E-state index contributed by atoms with van der Waals surface area (Å²) in [7, 11) is -2.47. The Labute approximate surface area is 339 Å². The molecule has 0 radical (unpaired) electrons. The number of carbonyl (C=O) groups is 4. The third kappa shape index (κ3) is 7.05. The highest BCUT2D eigenvalue weighted by Crippen LogP contribution is 2.47. The highest BCUT2D eigenvalue weighted by Gasteiger charge is 2.59. The fourth-order valence-electron chi connectivity index (χ4n) is 8.90. The van der Waals surface area contributed by atoms with Crippen LogP contribution in [0.3, 0.4) is 0 Å². The number of benzene rings is 1. The average molecular weight is 816 g/mol. The van der Waals surface area contributed by atoms with Gasteiger partial charge >= 0.3 is 6.09 Å². The Kier molecular flexibility index (Phi) is 9.76. The summed E-state index contributed by atoms with van der Waals surface area (Å²) in [5.74, 6) is 4.02. The molecule has 1 spiro atoms. The Morgan fingerprint density at radius 3 is 2.59 bits per heavy atom. The fourth-order valence-corrected chi connectivity index (χ4v) is 10.2. The van der Waals surface area contributed by atoms with Gasteiger partial charge in [0, 0.05) is 17.4 Å². The Balaban J connectivity index is 1.18. The smallest absolute Gasteiger partial charge is 0.408 e. The lowest BCUT2D eigenvalue weighted by Crippen LogP contribution is -2.68. The zero-order chi connectivity index (χ0) is 41.4. The van der Waals surface area contributed by atoms with E-state index in [1.807, 2.05) is 39.0 Å². The van der Waals surface area contributed by atoms with Gasteiger partial charge in [0.15, 0.2) is 5.54 Å². The van der Waals surface area contributed by atoms with Gasteiger partial charge in [0.1, 0.15) is 35.3 Å². The second-order valence-corrected chi connectivity index (χ2v) is 20.6. The second kappa shape index (κ2) is 14.2. The summed E-state index contributed by atoms with van der Waals surface area (Å²) in [6.07, 6.45) is 7.46. The number of alkyl carbamates (subject to hydrolysis) is 1. The van der Waals surface area contributed by atoms with Gasteiger partial charge in [0.25, 0.3) is 5.91 Å². The molecule has 2 aromatic rings. The molecule has 6 aliphatic rings. The number of ether oxygens (including phenoxy) is 3. The number of methoxy groups -OCH3 is 1. The first-order chi connectivity index (χ1) is 27.4. The Morgan fingerprint density at radius 2 is 1.91 bits per heavy atom. The molecule has 3 aliphatic heterocycles. The van der Waals surface area contributed by atoms with Gasteiger partial charge in [-0.2, -0.15) is 0 Å². The van der Waals surface area contributed by atoms with Crippen LogP contribution in [-0.4, -0.2) is 89.8 Å². The van der Waals surface area contributed by atoms with Crippen LogP contribution in [0, 0.1) is 29.1 Å². The molecule has 7 atom stereocenters. The van der Waals surface area contributed by atoms with Gasteiger partial charge in [-0.05, 0) is 87.8 Å². The first kappa shape index (κ1) is 40.0. The van der Waals surface area contributed by atoms with E-state index in [1.165, 1.54) is 11.0 Å². The number of carbonyl (C=O) groups excluding carboxylic acids is 4. The van der Waals surface area contributed by atoms with E-state index in [-0.39, 0.29) is 25.0 Å². The van der Waals surface area contributed by atoms with E-state index in [0.29, 0.717) is 43.6 Å². The van der Waals surface area contributed by atoms with Gasteiger partial charge in [-0.1, -0.05) is 51.5 Å². The fraction of sp³-hybridized carbons (Fsp3) is 0.605. The number of hydrogen-bond donors (Lipinski definition) is 3. The highest BCUT2D eigenvalue weighted by atomic mass is 32.2. The molecule has 310 valence electrons. The quantitative estimate of drug-likeness (QED) is 0.270. The monoisotopic (exact) mass is 815 g/mol. The molecule has 4 amide bonds. The van der Waals surface area contributed by atoms with Gasteiger partial charge in [0.2, 0.25) is 21.8 Å². The minimum Gasteiger partial charge on any atom is -0.497 e. The van der Waals surface area contributed by atoms with Crippen molar-refractivity contribution in [3.63, 3.8) is 0 Å². The molecule has 0 unspecified atom stereocenters. The van der Waals surface area contributed by atoms with Crippen molar-refractivity contribution >= 4 is 44.7 Å². The van der Waals surface area contributed by atoms with Crippen molar-refractivity contribution in [2.45, 2.75) is 132 Å². The summed E-state index contributed by atoms with van der Waals surface area (Å²) >= 11 is 0. The van der Waals surface area contributed by atoms with E-state index in [4.69, 9.17) is 19.2 Å². The lowest BCUT2D eigenvalue weighted by molar-refractivity contribution is -0.143. The minimum atomic E-state index is -4.08. The van der Waals surface area contributed by atoms with Crippen LogP contribution < -0.4 is 24.8 Å². The molecule has 1 aromatic carbocycles. The number of rotatable bonds is 7. The largest absolute Gasteiger partial charge is 0.497 e. The van der Waals surface area contributed by atoms with E-state index in [0.717, 1.165) is 54.3 Å². The number of aryl methyl sites for hydroxylation is 2. The predicted molar refractivity (Wildman–Crippen MR) is 214 cm³/mol. The molecule has 3 N–H and O–H groups in total. The molecule has 58 heavy (non-hydrogen) atoms. The molecule has 3 fully saturated rings. The normalized spacial score (nSPS) is 31.3. The number of fused-ring (bicyclic) bond motifs is 4. The third-order valence-corrected chi connectivity index (χ3v) is 15.2. The van der Waals surface area contributed by atoms with Crippen molar-refractivity contribution in [3.8, 4) is 23.3 Å². The molecular weight excluding hydrogens is 763 g/mol. The predicted octanol–water partition coefficient (Wildman–Crippen LogP) is 4.23. The van der Waals surface area contributed by atoms with Crippen molar-refractivity contribution in [1.82, 2.24) is 25.2 Å². The van der Waals surface area contributed by atoms with Gasteiger partial charge in [0.05, 0.1) is 35.5 Å². The Bertz CT molecular complexity index is 2270. The summed E-state index contributed by atoms with van der Waals surface area (Å²) in [6, 6.07) is 3.50. The molecule has 3 bridgehead atoms. The number of aromatic nitrogens is 1. The SMILES string of the molecule is C=C[C@@H]1C#C[C@]1(NC(=O)[C@@H]1C[C@]23CCc4c(c(nc5ccc(OC)cc45)CCCCC[C@@H]4C[C@H]4OC(=O)N[C@@H](C(C)(C)C)C(=O)N1C2)O3)C(=O)NS(=O)(=O)C1(C)CC1. The zero-order valence-electron chi connectivity index (χ0n) is 33.9. The van der Waals surface area contributed by atoms with Crippen LogP contribution in [-0.2, 0) is 42.0 Å². The van der Waals surface area contributed by atoms with E-state index in [1.54, 1.807) is 14.0 Å². The van der Waals surface area contributed by atoms with Crippen LogP contribution in [0.1, 0.15) is 96.7 Å². The molecule has 14 nitrogen and oxygen atoms in total. The maximum atomic E-state index is 15.0. The number of nitrogens with one attached hydrogen (secondary N) is 3. The molecule has 1 saturated heterocycles. The lowest BCUT2D eigenvalue weighted by Gasteiger charge is -2.39. The number of hydrogen-bond acceptors (Lipinski definition) is 10. The van der Waals surface area contributed by atoms with Crippen molar-refractivity contribution in [1.29, 1.82) is 0 Å². The van der Waals surface area contributed by atoms with Gasteiger partial charge in [-0.15, -0.1) is 6.58 Å². The molecule has 3 aliphatic carbocycles. The van der Waals surface area contributed by atoms with E-state index < -0.39 is 73.1 Å². The van der Waals surface area contributed by atoms with Gasteiger partial charge in [-0.3, -0.25) is 14.4 Å². The van der Waals surface area contributed by atoms with Gasteiger partial charge in [-0.25, -0.2) is 22.9 Å². The first-order valence-electron chi connectivity index (χ1n) is 20.4. The van der Waals surface area contributed by atoms with Crippen molar-refractivity contribution in [3.05, 3.63) is 42.1 Å². The first-order valence-corrected chi connectivity index (χ1v) is 21.9. The summed E-state index contributed by atoms with van der Waals surface area (Å²) < 4.78 is 46.0. The number of sulfonamides is 1. The zero-order valence-corrected chi connectivity index (χ0v) is 34.7. The van der Waals surface area contributed by atoms with E-state index in [9.17, 15) is 27.6 Å². The van der Waals surface area contributed by atoms with Crippen molar-refractivity contribution < 1.29 is 41.8 Å². The summed E-state index contributed by atoms with van der Waals surface area (Å²) in [5, 5.41) is 6.53. The van der Waals surface area contributed by atoms with Crippen LogP contribution in [0.4, 0.5) is 4.79 Å². The third-order valence-electron chi connectivity index (χ3n) is 13.1. The summed E-state index contributed by atoms with van der Waals surface area (Å²) in [5.41, 5.74) is -1.18. The van der Waals surface area contributed by atoms with Crippen LogP contribution in [0.5, 0.6) is 11.5 Å². The summed E-state index contributed by atoms with van der Waals surface area (Å²) in [6.45, 7) is 10.8. The Morgan fingerprint density at radius 1 is 1.14 bits per heavy atom. The minimum absolute atomic E-state index is 0.00451. The summed E-state index contributed by atoms with van der Waals surface area (Å²) in [4.78, 5) is 63.6. The maximum absolute atomic E-state index is 15.0. The highest BCUT2D eigenvalue weighted by molar-refractivity contribution is 7.91. The molecule has 2 saturated carbocycles. The lowest BCUT2D eigenvalue weighted by atomic mass is 9.76. The van der Waals surface area contributed by atoms with Crippen LogP contribution in [0.15, 0.2) is 30.9 Å².